The monoisotopic (exact) mass is 477 g/mol. The number of hydrogen-bond acceptors (Lipinski definition) is 2. The van der Waals surface area contributed by atoms with Gasteiger partial charge in [-0.05, 0) is 80.9 Å². The minimum absolute atomic E-state index is 0.0966. The molecule has 0 N–H and O–H groups in total. The zero-order chi connectivity index (χ0) is 25.1. The average molecular weight is 478 g/mol. The molecule has 0 saturated carbocycles. The lowest BCUT2D eigenvalue weighted by atomic mass is 9.73. The normalized spacial score (nSPS) is 16.0. The number of para-hydroxylation sites is 2. The van der Waals surface area contributed by atoms with E-state index < -0.39 is 0 Å². The summed E-state index contributed by atoms with van der Waals surface area (Å²) in [5.41, 5.74) is 15.1. The molecule has 8 rings (SSSR count). The molecule has 0 spiro atoms. The Hall–Kier alpha value is -4.17. The molecule has 2 heterocycles. The second-order valence-corrected chi connectivity index (χ2v) is 11.7. The standard InChI is InChI=1S/C35H27NO/c1-34(2)26-15-21(20-9-8-14-36-19-20)16-27-31(26)32-28(34)17-22(18-29(32)35(27,3)4)23-11-7-12-25-24-10-5-6-13-30(24)37-33(23)25/h5-19H,1-4H3. The van der Waals surface area contributed by atoms with Crippen LogP contribution in [0.15, 0.2) is 95.7 Å². The van der Waals surface area contributed by atoms with Gasteiger partial charge in [-0.2, -0.15) is 0 Å². The Bertz CT molecular complexity index is 1860. The Labute approximate surface area is 216 Å². The minimum atomic E-state index is -0.0966. The van der Waals surface area contributed by atoms with Gasteiger partial charge in [0, 0.05) is 45.1 Å². The van der Waals surface area contributed by atoms with Gasteiger partial charge >= 0.3 is 0 Å². The van der Waals surface area contributed by atoms with Crippen molar-refractivity contribution in [1.82, 2.24) is 4.98 Å². The van der Waals surface area contributed by atoms with E-state index in [0.29, 0.717) is 0 Å². The van der Waals surface area contributed by atoms with E-state index in [-0.39, 0.29) is 10.8 Å². The number of hydrogen-bond donors (Lipinski definition) is 0. The molecule has 4 aromatic carbocycles. The number of benzene rings is 4. The molecule has 2 aromatic heterocycles. The van der Waals surface area contributed by atoms with Crippen LogP contribution in [-0.4, -0.2) is 4.98 Å². The van der Waals surface area contributed by atoms with Gasteiger partial charge < -0.3 is 4.42 Å². The Balaban J connectivity index is 1.40. The Morgan fingerprint density at radius 3 is 1.86 bits per heavy atom. The first-order valence-electron chi connectivity index (χ1n) is 13.0. The van der Waals surface area contributed by atoms with Crippen LogP contribution in [0.1, 0.15) is 49.9 Å². The summed E-state index contributed by atoms with van der Waals surface area (Å²) in [5.74, 6) is 0. The van der Waals surface area contributed by atoms with E-state index >= 15 is 0 Å². The molecule has 0 unspecified atom stereocenters. The Kier molecular flexibility index (Phi) is 3.84. The fourth-order valence-corrected chi connectivity index (χ4v) is 6.91. The van der Waals surface area contributed by atoms with Crippen LogP contribution >= 0.6 is 0 Å². The number of aromatic nitrogens is 1. The van der Waals surface area contributed by atoms with Crippen molar-refractivity contribution in [3.8, 4) is 33.4 Å². The molecule has 0 aliphatic heterocycles. The summed E-state index contributed by atoms with van der Waals surface area (Å²) in [6.45, 7) is 9.51. The van der Waals surface area contributed by atoms with Gasteiger partial charge in [0.25, 0.3) is 0 Å². The number of pyridine rings is 1. The number of fused-ring (bicyclic) bond motifs is 3. The molecule has 0 radical (unpaired) electrons. The smallest absolute Gasteiger partial charge is 0.143 e. The zero-order valence-electron chi connectivity index (χ0n) is 21.5. The van der Waals surface area contributed by atoms with Crippen LogP contribution in [0.3, 0.4) is 0 Å². The fourth-order valence-electron chi connectivity index (χ4n) is 6.91. The van der Waals surface area contributed by atoms with Crippen LogP contribution in [-0.2, 0) is 10.8 Å². The third kappa shape index (κ3) is 2.58. The fraction of sp³-hybridized carbons (Fsp3) is 0.171. The molecule has 178 valence electrons. The highest BCUT2D eigenvalue weighted by Crippen LogP contribution is 2.62. The van der Waals surface area contributed by atoms with Crippen LogP contribution in [0.4, 0.5) is 0 Å². The van der Waals surface area contributed by atoms with E-state index in [2.05, 4.69) is 99.4 Å². The molecule has 37 heavy (non-hydrogen) atoms. The van der Waals surface area contributed by atoms with Crippen molar-refractivity contribution in [2.45, 2.75) is 38.5 Å². The van der Waals surface area contributed by atoms with Crippen LogP contribution in [0.2, 0.25) is 0 Å². The quantitative estimate of drug-likeness (QED) is 0.248. The van der Waals surface area contributed by atoms with Gasteiger partial charge in [0.1, 0.15) is 11.2 Å². The lowest BCUT2D eigenvalue weighted by molar-refractivity contribution is 0.630. The van der Waals surface area contributed by atoms with Gasteiger partial charge in [0.15, 0.2) is 0 Å². The predicted molar refractivity (Wildman–Crippen MR) is 152 cm³/mol. The average Bonchev–Trinajstić information content (AvgIpc) is 3.48. The van der Waals surface area contributed by atoms with Crippen LogP contribution in [0.5, 0.6) is 0 Å². The summed E-state index contributed by atoms with van der Waals surface area (Å²) in [4.78, 5) is 4.39. The van der Waals surface area contributed by atoms with Crippen molar-refractivity contribution in [1.29, 1.82) is 0 Å². The maximum Gasteiger partial charge on any atom is 0.143 e. The van der Waals surface area contributed by atoms with Gasteiger partial charge in [-0.1, -0.05) is 70.2 Å². The highest BCUT2D eigenvalue weighted by atomic mass is 16.3. The van der Waals surface area contributed by atoms with E-state index in [4.69, 9.17) is 4.42 Å². The van der Waals surface area contributed by atoms with E-state index in [1.807, 2.05) is 24.5 Å². The predicted octanol–water partition coefficient (Wildman–Crippen LogP) is 9.26. The molecule has 0 amide bonds. The largest absolute Gasteiger partial charge is 0.455 e. The zero-order valence-corrected chi connectivity index (χ0v) is 21.5. The second kappa shape index (κ2) is 6.77. The molecule has 0 saturated heterocycles. The number of nitrogens with zero attached hydrogens (tertiary/aromatic N) is 1. The molecule has 2 heteroatoms. The third-order valence-electron chi connectivity index (χ3n) is 8.93. The van der Waals surface area contributed by atoms with Crippen molar-refractivity contribution < 1.29 is 4.42 Å². The lowest BCUT2D eigenvalue weighted by Crippen LogP contribution is -2.21. The van der Waals surface area contributed by atoms with Crippen molar-refractivity contribution in [3.63, 3.8) is 0 Å². The highest BCUT2D eigenvalue weighted by Gasteiger charge is 2.47. The van der Waals surface area contributed by atoms with Crippen LogP contribution in [0, 0.1) is 0 Å². The number of rotatable bonds is 2. The van der Waals surface area contributed by atoms with Crippen molar-refractivity contribution in [3.05, 3.63) is 114 Å². The lowest BCUT2D eigenvalue weighted by Gasteiger charge is -2.30. The molecule has 0 bridgehead atoms. The molecule has 2 aliphatic rings. The van der Waals surface area contributed by atoms with Crippen LogP contribution in [0.25, 0.3) is 55.3 Å². The van der Waals surface area contributed by atoms with Gasteiger partial charge in [-0.3, -0.25) is 4.98 Å². The van der Waals surface area contributed by atoms with E-state index in [0.717, 1.165) is 16.7 Å². The maximum atomic E-state index is 6.45. The molecule has 2 nitrogen and oxygen atoms in total. The first-order chi connectivity index (χ1) is 17.9. The second-order valence-electron chi connectivity index (χ2n) is 11.7. The summed E-state index contributed by atoms with van der Waals surface area (Å²) >= 11 is 0. The van der Waals surface area contributed by atoms with Crippen LogP contribution < -0.4 is 0 Å². The molecular formula is C35H27NO. The minimum Gasteiger partial charge on any atom is -0.455 e. The molecule has 2 aliphatic carbocycles. The molecule has 0 fully saturated rings. The van der Waals surface area contributed by atoms with Gasteiger partial charge in [0.2, 0.25) is 0 Å². The first-order valence-corrected chi connectivity index (χ1v) is 13.0. The SMILES string of the molecule is CC1(C)c2cc(-c3cccnc3)cc3c2-c2c1cc(-c1cccc4c1oc1ccccc14)cc2C3(C)C. The van der Waals surface area contributed by atoms with E-state index in [1.165, 1.54) is 60.8 Å². The Morgan fingerprint density at radius 1 is 0.595 bits per heavy atom. The van der Waals surface area contributed by atoms with Gasteiger partial charge in [0.05, 0.1) is 0 Å². The summed E-state index contributed by atoms with van der Waals surface area (Å²) < 4.78 is 6.45. The molecule has 0 atom stereocenters. The van der Waals surface area contributed by atoms with E-state index in [9.17, 15) is 0 Å². The highest BCUT2D eigenvalue weighted by molar-refractivity contribution is 6.10. The Morgan fingerprint density at radius 2 is 1.22 bits per heavy atom. The number of furan rings is 1. The van der Waals surface area contributed by atoms with Crippen molar-refractivity contribution in [2.75, 3.05) is 0 Å². The van der Waals surface area contributed by atoms with Crippen molar-refractivity contribution >= 4 is 21.9 Å². The summed E-state index contributed by atoms with van der Waals surface area (Å²) in [6, 6.07) is 28.7. The first kappa shape index (κ1) is 21.0. The molecule has 6 aromatic rings. The maximum absolute atomic E-state index is 6.45. The van der Waals surface area contributed by atoms with E-state index in [1.54, 1.807) is 0 Å². The third-order valence-corrected chi connectivity index (χ3v) is 8.93. The summed E-state index contributed by atoms with van der Waals surface area (Å²) in [7, 11) is 0. The molecular weight excluding hydrogens is 450 g/mol. The van der Waals surface area contributed by atoms with Crippen molar-refractivity contribution in [2.24, 2.45) is 0 Å². The summed E-state index contributed by atoms with van der Waals surface area (Å²) in [5, 5.41) is 2.35. The topological polar surface area (TPSA) is 26.0 Å². The van der Waals surface area contributed by atoms with Gasteiger partial charge in [-0.25, -0.2) is 0 Å². The van der Waals surface area contributed by atoms with Gasteiger partial charge in [-0.15, -0.1) is 0 Å². The summed E-state index contributed by atoms with van der Waals surface area (Å²) in [6.07, 6.45) is 3.82.